The molecule has 0 saturated heterocycles. The minimum atomic E-state index is 0.0462. The Balaban J connectivity index is 2.61. The summed E-state index contributed by atoms with van der Waals surface area (Å²) in [4.78, 5) is 5.76. The Morgan fingerprint density at radius 3 is 2.53 bits per heavy atom. The fraction of sp³-hybridized carbons (Fsp3) is 0.727. The first kappa shape index (κ1) is 12.6. The molecule has 0 aliphatic rings. The Labute approximate surface area is 95.7 Å². The van der Waals surface area contributed by atoms with Crippen molar-refractivity contribution in [1.29, 1.82) is 0 Å². The fourth-order valence-corrected chi connectivity index (χ4v) is 2.61. The summed E-state index contributed by atoms with van der Waals surface area (Å²) in [5.41, 5.74) is 7.19. The Morgan fingerprint density at radius 1 is 1.47 bits per heavy atom. The summed E-state index contributed by atoms with van der Waals surface area (Å²) in [5.74, 6) is 0. The average Bonchev–Trinajstić information content (AvgIpc) is 2.47. The highest BCUT2D eigenvalue weighted by Crippen LogP contribution is 2.18. The first-order valence-electron chi connectivity index (χ1n) is 5.29. The molecule has 0 bridgehead atoms. The fourth-order valence-electron chi connectivity index (χ4n) is 1.60. The van der Waals surface area contributed by atoms with E-state index in [9.17, 15) is 0 Å². The maximum atomic E-state index is 6.07. The van der Waals surface area contributed by atoms with Crippen LogP contribution in [0, 0.1) is 13.8 Å². The number of hydrogen-bond donors (Lipinski definition) is 1. The van der Waals surface area contributed by atoms with Gasteiger partial charge in [0, 0.05) is 24.4 Å². The zero-order chi connectivity index (χ0) is 11.4. The molecule has 0 fully saturated rings. The van der Waals surface area contributed by atoms with Gasteiger partial charge in [-0.2, -0.15) is 0 Å². The standard InChI is InChI=1S/C11H20N2OS/c1-5-10(14-4)9(12)6-11-13-7(2)8(3)15-11/h9-10H,5-6,12H2,1-4H3. The third-order valence-corrected chi connectivity index (χ3v) is 3.76. The number of ether oxygens (including phenoxy) is 1. The van der Waals surface area contributed by atoms with Crippen LogP contribution < -0.4 is 5.73 Å². The molecule has 0 aliphatic carbocycles. The molecule has 0 aromatic carbocycles. The molecule has 1 heterocycles. The minimum absolute atomic E-state index is 0.0462. The van der Waals surface area contributed by atoms with E-state index < -0.39 is 0 Å². The van der Waals surface area contributed by atoms with E-state index in [0.717, 1.165) is 23.5 Å². The molecule has 4 heteroatoms. The summed E-state index contributed by atoms with van der Waals surface area (Å²) in [7, 11) is 1.71. The van der Waals surface area contributed by atoms with Gasteiger partial charge < -0.3 is 10.5 Å². The summed E-state index contributed by atoms with van der Waals surface area (Å²) in [6.45, 7) is 6.22. The number of nitrogens with two attached hydrogens (primary N) is 1. The van der Waals surface area contributed by atoms with Gasteiger partial charge >= 0.3 is 0 Å². The molecule has 0 aliphatic heterocycles. The van der Waals surface area contributed by atoms with Gasteiger partial charge in [0.05, 0.1) is 16.8 Å². The molecule has 3 nitrogen and oxygen atoms in total. The second kappa shape index (κ2) is 5.58. The number of nitrogens with zero attached hydrogens (tertiary/aromatic N) is 1. The predicted molar refractivity (Wildman–Crippen MR) is 64.4 cm³/mol. The number of aromatic nitrogens is 1. The molecular weight excluding hydrogens is 208 g/mol. The van der Waals surface area contributed by atoms with Crippen LogP contribution in [0.2, 0.25) is 0 Å². The van der Waals surface area contributed by atoms with Crippen LogP contribution >= 0.6 is 11.3 Å². The van der Waals surface area contributed by atoms with Crippen molar-refractivity contribution in [3.63, 3.8) is 0 Å². The average molecular weight is 228 g/mol. The van der Waals surface area contributed by atoms with E-state index in [0.29, 0.717) is 0 Å². The molecule has 0 spiro atoms. The second-order valence-corrected chi connectivity index (χ2v) is 5.09. The zero-order valence-corrected chi connectivity index (χ0v) is 10.7. The van der Waals surface area contributed by atoms with E-state index in [1.165, 1.54) is 4.88 Å². The highest BCUT2D eigenvalue weighted by Gasteiger charge is 2.17. The monoisotopic (exact) mass is 228 g/mol. The molecule has 2 N–H and O–H groups in total. The maximum absolute atomic E-state index is 6.07. The van der Waals surface area contributed by atoms with E-state index in [1.54, 1.807) is 18.4 Å². The van der Waals surface area contributed by atoms with Crippen LogP contribution in [0.15, 0.2) is 0 Å². The molecule has 0 amide bonds. The van der Waals surface area contributed by atoms with Crippen molar-refractivity contribution in [1.82, 2.24) is 4.98 Å². The van der Waals surface area contributed by atoms with Gasteiger partial charge in [-0.05, 0) is 20.3 Å². The topological polar surface area (TPSA) is 48.1 Å². The first-order chi connectivity index (χ1) is 7.08. The molecule has 1 aromatic heterocycles. The molecular formula is C11H20N2OS. The van der Waals surface area contributed by atoms with Crippen LogP contribution in [0.3, 0.4) is 0 Å². The number of aryl methyl sites for hydroxylation is 2. The summed E-state index contributed by atoms with van der Waals surface area (Å²) in [5, 5.41) is 1.12. The van der Waals surface area contributed by atoms with Gasteiger partial charge in [-0.3, -0.25) is 0 Å². The summed E-state index contributed by atoms with van der Waals surface area (Å²) >= 11 is 1.73. The lowest BCUT2D eigenvalue weighted by Gasteiger charge is -2.19. The third-order valence-electron chi connectivity index (χ3n) is 2.67. The van der Waals surface area contributed by atoms with Gasteiger partial charge in [-0.25, -0.2) is 4.98 Å². The summed E-state index contributed by atoms with van der Waals surface area (Å²) in [6, 6.07) is 0.0462. The van der Waals surface area contributed by atoms with Crippen molar-refractivity contribution < 1.29 is 4.74 Å². The van der Waals surface area contributed by atoms with Crippen LogP contribution in [-0.4, -0.2) is 24.2 Å². The second-order valence-electron chi connectivity index (χ2n) is 3.80. The quantitative estimate of drug-likeness (QED) is 0.839. The van der Waals surface area contributed by atoms with E-state index in [-0.39, 0.29) is 12.1 Å². The third kappa shape index (κ3) is 3.26. The van der Waals surface area contributed by atoms with E-state index >= 15 is 0 Å². The Morgan fingerprint density at radius 2 is 2.13 bits per heavy atom. The van der Waals surface area contributed by atoms with Crippen molar-refractivity contribution in [2.75, 3.05) is 7.11 Å². The lowest BCUT2D eigenvalue weighted by molar-refractivity contribution is 0.0773. The lowest BCUT2D eigenvalue weighted by Crippen LogP contribution is -2.37. The van der Waals surface area contributed by atoms with Gasteiger partial charge in [0.15, 0.2) is 0 Å². The Bertz CT molecular complexity index is 288. The highest BCUT2D eigenvalue weighted by molar-refractivity contribution is 7.11. The van der Waals surface area contributed by atoms with Gasteiger partial charge in [-0.15, -0.1) is 11.3 Å². The SMILES string of the molecule is CCC(OC)C(N)Cc1nc(C)c(C)s1. The zero-order valence-electron chi connectivity index (χ0n) is 9.91. The Kier molecular flexibility index (Phi) is 4.70. The van der Waals surface area contributed by atoms with Gasteiger partial charge in [0.2, 0.25) is 0 Å². The van der Waals surface area contributed by atoms with Crippen LogP contribution in [0.25, 0.3) is 0 Å². The van der Waals surface area contributed by atoms with Gasteiger partial charge in [0.1, 0.15) is 0 Å². The smallest absolute Gasteiger partial charge is 0.0947 e. The molecule has 86 valence electrons. The first-order valence-corrected chi connectivity index (χ1v) is 6.11. The van der Waals surface area contributed by atoms with Crippen LogP contribution in [0.4, 0.5) is 0 Å². The van der Waals surface area contributed by atoms with Crippen LogP contribution in [0.1, 0.15) is 28.9 Å². The van der Waals surface area contributed by atoms with Crippen LogP contribution in [0.5, 0.6) is 0 Å². The van der Waals surface area contributed by atoms with Crippen LogP contribution in [-0.2, 0) is 11.2 Å². The Hall–Kier alpha value is -0.450. The maximum Gasteiger partial charge on any atom is 0.0947 e. The number of methoxy groups -OCH3 is 1. The van der Waals surface area contributed by atoms with E-state index in [2.05, 4.69) is 18.8 Å². The van der Waals surface area contributed by atoms with E-state index in [4.69, 9.17) is 10.5 Å². The van der Waals surface area contributed by atoms with Crippen molar-refractivity contribution in [3.8, 4) is 0 Å². The molecule has 15 heavy (non-hydrogen) atoms. The number of rotatable bonds is 5. The molecule has 0 saturated carbocycles. The lowest BCUT2D eigenvalue weighted by atomic mass is 10.1. The number of hydrogen-bond acceptors (Lipinski definition) is 4. The molecule has 2 unspecified atom stereocenters. The van der Waals surface area contributed by atoms with Crippen molar-refractivity contribution in [2.45, 2.75) is 45.8 Å². The minimum Gasteiger partial charge on any atom is -0.380 e. The molecule has 2 atom stereocenters. The van der Waals surface area contributed by atoms with E-state index in [1.807, 2.05) is 6.92 Å². The molecule has 1 rings (SSSR count). The van der Waals surface area contributed by atoms with Crippen molar-refractivity contribution in [3.05, 3.63) is 15.6 Å². The van der Waals surface area contributed by atoms with Crippen molar-refractivity contribution in [2.24, 2.45) is 5.73 Å². The van der Waals surface area contributed by atoms with Gasteiger partial charge in [-0.1, -0.05) is 6.92 Å². The van der Waals surface area contributed by atoms with Gasteiger partial charge in [0.25, 0.3) is 0 Å². The largest absolute Gasteiger partial charge is 0.380 e. The molecule has 0 radical (unpaired) electrons. The predicted octanol–water partition coefficient (Wildman–Crippen LogP) is 2.05. The summed E-state index contributed by atoms with van der Waals surface area (Å²) in [6.07, 6.45) is 1.89. The number of thiazole rings is 1. The molecule has 1 aromatic rings. The highest BCUT2D eigenvalue weighted by atomic mass is 32.1. The summed E-state index contributed by atoms with van der Waals surface area (Å²) < 4.78 is 5.32. The normalized spacial score (nSPS) is 15.3. The van der Waals surface area contributed by atoms with Crippen molar-refractivity contribution >= 4 is 11.3 Å².